The standard InChI is InChI=1S/C11H22N2O/c1-9(2)8-11(4-3-5-11)10(14)13-7-6-12/h9H,3-8,12H2,1-2H3,(H,13,14). The molecule has 0 saturated heterocycles. The Bertz CT molecular complexity index is 197. The van der Waals surface area contributed by atoms with Gasteiger partial charge in [-0.3, -0.25) is 4.79 Å². The van der Waals surface area contributed by atoms with Crippen molar-refractivity contribution >= 4 is 5.91 Å². The van der Waals surface area contributed by atoms with E-state index in [1.165, 1.54) is 6.42 Å². The topological polar surface area (TPSA) is 55.1 Å². The molecule has 1 fully saturated rings. The van der Waals surface area contributed by atoms with Crippen molar-refractivity contribution in [2.24, 2.45) is 17.1 Å². The third kappa shape index (κ3) is 2.47. The Morgan fingerprint density at radius 2 is 2.14 bits per heavy atom. The summed E-state index contributed by atoms with van der Waals surface area (Å²) in [6, 6.07) is 0. The molecule has 0 heterocycles. The fourth-order valence-corrected chi connectivity index (χ4v) is 2.28. The number of rotatable bonds is 5. The molecule has 1 saturated carbocycles. The van der Waals surface area contributed by atoms with Crippen LogP contribution in [0.4, 0.5) is 0 Å². The van der Waals surface area contributed by atoms with Gasteiger partial charge < -0.3 is 11.1 Å². The van der Waals surface area contributed by atoms with Crippen LogP contribution in [0.5, 0.6) is 0 Å². The zero-order chi connectivity index (χ0) is 10.6. The van der Waals surface area contributed by atoms with E-state index in [0.29, 0.717) is 19.0 Å². The predicted molar refractivity (Wildman–Crippen MR) is 57.8 cm³/mol. The lowest BCUT2D eigenvalue weighted by molar-refractivity contribution is -0.137. The number of carbonyl (C=O) groups excluding carboxylic acids is 1. The summed E-state index contributed by atoms with van der Waals surface area (Å²) in [6.07, 6.45) is 4.33. The monoisotopic (exact) mass is 198 g/mol. The second kappa shape index (κ2) is 4.78. The summed E-state index contributed by atoms with van der Waals surface area (Å²) in [5.41, 5.74) is 5.31. The first-order valence-corrected chi connectivity index (χ1v) is 5.59. The van der Waals surface area contributed by atoms with Crippen LogP contribution in [0.15, 0.2) is 0 Å². The summed E-state index contributed by atoms with van der Waals surface area (Å²) >= 11 is 0. The Hall–Kier alpha value is -0.570. The minimum atomic E-state index is -0.0522. The molecule has 0 aromatic heterocycles. The SMILES string of the molecule is CC(C)CC1(C(=O)NCCN)CCC1. The van der Waals surface area contributed by atoms with Crippen molar-refractivity contribution in [1.29, 1.82) is 0 Å². The molecule has 0 aromatic rings. The maximum Gasteiger partial charge on any atom is 0.226 e. The summed E-state index contributed by atoms with van der Waals surface area (Å²) in [5.74, 6) is 0.821. The zero-order valence-electron chi connectivity index (χ0n) is 9.31. The first-order valence-electron chi connectivity index (χ1n) is 5.59. The molecule has 0 unspecified atom stereocenters. The smallest absolute Gasteiger partial charge is 0.226 e. The molecule has 82 valence electrons. The summed E-state index contributed by atoms with van der Waals surface area (Å²) in [5, 5.41) is 2.92. The number of hydrogen-bond donors (Lipinski definition) is 2. The molecular weight excluding hydrogens is 176 g/mol. The van der Waals surface area contributed by atoms with Gasteiger partial charge in [-0.1, -0.05) is 20.3 Å². The fourth-order valence-electron chi connectivity index (χ4n) is 2.28. The zero-order valence-corrected chi connectivity index (χ0v) is 9.31. The van der Waals surface area contributed by atoms with E-state index >= 15 is 0 Å². The first kappa shape index (κ1) is 11.5. The minimum absolute atomic E-state index is 0.0522. The van der Waals surface area contributed by atoms with E-state index in [4.69, 9.17) is 5.73 Å². The third-order valence-corrected chi connectivity index (χ3v) is 3.02. The second-order valence-electron chi connectivity index (χ2n) is 4.78. The highest BCUT2D eigenvalue weighted by Gasteiger charge is 2.43. The summed E-state index contributed by atoms with van der Waals surface area (Å²) in [7, 11) is 0. The lowest BCUT2D eigenvalue weighted by atomic mass is 9.64. The normalized spacial score (nSPS) is 19.1. The van der Waals surface area contributed by atoms with Gasteiger partial charge in [-0.25, -0.2) is 0 Å². The maximum atomic E-state index is 11.9. The number of carbonyl (C=O) groups is 1. The van der Waals surface area contributed by atoms with Crippen molar-refractivity contribution in [2.45, 2.75) is 39.5 Å². The molecule has 3 heteroatoms. The molecule has 3 nitrogen and oxygen atoms in total. The van der Waals surface area contributed by atoms with Crippen LogP contribution in [-0.4, -0.2) is 19.0 Å². The van der Waals surface area contributed by atoms with Gasteiger partial charge in [0.15, 0.2) is 0 Å². The van der Waals surface area contributed by atoms with E-state index in [2.05, 4.69) is 19.2 Å². The van der Waals surface area contributed by atoms with Crippen molar-refractivity contribution < 1.29 is 4.79 Å². The molecule has 1 aliphatic carbocycles. The van der Waals surface area contributed by atoms with Crippen molar-refractivity contribution in [2.75, 3.05) is 13.1 Å². The Labute approximate surface area is 86.4 Å². The lowest BCUT2D eigenvalue weighted by Gasteiger charge is -2.41. The maximum absolute atomic E-state index is 11.9. The van der Waals surface area contributed by atoms with Gasteiger partial charge in [-0.2, -0.15) is 0 Å². The number of nitrogens with one attached hydrogen (secondary N) is 1. The van der Waals surface area contributed by atoms with Crippen molar-refractivity contribution in [3.8, 4) is 0 Å². The average molecular weight is 198 g/mol. The molecule has 3 N–H and O–H groups in total. The van der Waals surface area contributed by atoms with Crippen molar-refractivity contribution in [3.05, 3.63) is 0 Å². The van der Waals surface area contributed by atoms with Gasteiger partial charge in [0.05, 0.1) is 0 Å². The van der Waals surface area contributed by atoms with Gasteiger partial charge >= 0.3 is 0 Å². The van der Waals surface area contributed by atoms with Crippen LogP contribution in [-0.2, 0) is 4.79 Å². The lowest BCUT2D eigenvalue weighted by Crippen LogP contribution is -2.47. The van der Waals surface area contributed by atoms with Crippen LogP contribution in [0.1, 0.15) is 39.5 Å². The molecule has 0 radical (unpaired) electrons. The molecule has 0 spiro atoms. The molecule has 14 heavy (non-hydrogen) atoms. The van der Waals surface area contributed by atoms with Gasteiger partial charge in [0.1, 0.15) is 0 Å². The van der Waals surface area contributed by atoms with E-state index in [1.807, 2.05) is 0 Å². The van der Waals surface area contributed by atoms with E-state index in [-0.39, 0.29) is 11.3 Å². The van der Waals surface area contributed by atoms with E-state index in [9.17, 15) is 4.79 Å². The van der Waals surface area contributed by atoms with Crippen LogP contribution in [0.3, 0.4) is 0 Å². The fraction of sp³-hybridized carbons (Fsp3) is 0.909. The highest BCUT2D eigenvalue weighted by atomic mass is 16.2. The molecule has 0 atom stereocenters. The third-order valence-electron chi connectivity index (χ3n) is 3.02. The van der Waals surface area contributed by atoms with Gasteiger partial charge in [0.25, 0.3) is 0 Å². The molecule has 0 aromatic carbocycles. The van der Waals surface area contributed by atoms with E-state index in [1.54, 1.807) is 0 Å². The number of amides is 1. The summed E-state index contributed by atoms with van der Waals surface area (Å²) in [6.45, 7) is 5.49. The first-order chi connectivity index (χ1) is 6.60. The van der Waals surface area contributed by atoms with Crippen LogP contribution in [0.25, 0.3) is 0 Å². The second-order valence-corrected chi connectivity index (χ2v) is 4.78. The van der Waals surface area contributed by atoms with Gasteiger partial charge in [-0.05, 0) is 25.2 Å². The molecule has 1 amide bonds. The summed E-state index contributed by atoms with van der Waals surface area (Å²) in [4.78, 5) is 11.9. The molecule has 1 aliphatic rings. The van der Waals surface area contributed by atoms with Gasteiger partial charge in [0.2, 0.25) is 5.91 Å². The Balaban J connectivity index is 2.47. The minimum Gasteiger partial charge on any atom is -0.354 e. The average Bonchev–Trinajstić information content (AvgIpc) is 2.07. The van der Waals surface area contributed by atoms with Crippen molar-refractivity contribution in [1.82, 2.24) is 5.32 Å². The number of nitrogens with two attached hydrogens (primary N) is 1. The van der Waals surface area contributed by atoms with Crippen LogP contribution in [0.2, 0.25) is 0 Å². The quantitative estimate of drug-likeness (QED) is 0.699. The molecule has 0 aliphatic heterocycles. The number of hydrogen-bond acceptors (Lipinski definition) is 2. The Kier molecular flexibility index (Phi) is 3.93. The predicted octanol–water partition coefficient (Wildman–Crippen LogP) is 1.28. The Morgan fingerprint density at radius 1 is 1.50 bits per heavy atom. The van der Waals surface area contributed by atoms with Crippen molar-refractivity contribution in [3.63, 3.8) is 0 Å². The molecule has 1 rings (SSSR count). The molecule has 0 bridgehead atoms. The highest BCUT2D eigenvalue weighted by Crippen LogP contribution is 2.45. The largest absolute Gasteiger partial charge is 0.354 e. The van der Waals surface area contributed by atoms with Crippen LogP contribution >= 0.6 is 0 Å². The van der Waals surface area contributed by atoms with Gasteiger partial charge in [-0.15, -0.1) is 0 Å². The Morgan fingerprint density at radius 3 is 2.50 bits per heavy atom. The summed E-state index contributed by atoms with van der Waals surface area (Å²) < 4.78 is 0. The molecular formula is C11H22N2O. The van der Waals surface area contributed by atoms with E-state index in [0.717, 1.165) is 19.3 Å². The van der Waals surface area contributed by atoms with Crippen LogP contribution < -0.4 is 11.1 Å². The van der Waals surface area contributed by atoms with Gasteiger partial charge in [0, 0.05) is 18.5 Å². The highest BCUT2D eigenvalue weighted by molar-refractivity contribution is 5.83. The van der Waals surface area contributed by atoms with E-state index < -0.39 is 0 Å². The van der Waals surface area contributed by atoms with Crippen LogP contribution in [0, 0.1) is 11.3 Å².